The first-order valence-electron chi connectivity index (χ1n) is 8.30. The number of benzene rings is 2. The van der Waals surface area contributed by atoms with Crippen molar-refractivity contribution in [1.29, 1.82) is 0 Å². The molecule has 2 aromatic carbocycles. The molecule has 1 aliphatic rings. The number of hydrogen-bond donors (Lipinski definition) is 0. The first-order valence-corrected chi connectivity index (χ1v) is 9.10. The Morgan fingerprint density at radius 3 is 2.27 bits per heavy atom. The standard InChI is InChI=1S/C20H23BrO/c1-2-22-20-13-12-18(14-19(20)21)17-10-8-16(9-11-17)15-6-4-3-5-7-15/h8-15H,2-7H2,1H3. The highest BCUT2D eigenvalue weighted by Gasteiger charge is 2.15. The molecule has 2 aromatic rings. The van der Waals surface area contributed by atoms with E-state index in [2.05, 4.69) is 52.3 Å². The molecule has 0 unspecified atom stereocenters. The van der Waals surface area contributed by atoms with Crippen LogP contribution < -0.4 is 4.74 Å². The van der Waals surface area contributed by atoms with Crippen LogP contribution in [0.5, 0.6) is 5.75 Å². The maximum absolute atomic E-state index is 5.58. The smallest absolute Gasteiger partial charge is 0.133 e. The molecule has 0 bridgehead atoms. The molecule has 0 saturated heterocycles. The quantitative estimate of drug-likeness (QED) is 0.600. The predicted octanol–water partition coefficient (Wildman–Crippen LogP) is 6.56. The second-order valence-corrected chi connectivity index (χ2v) is 6.89. The zero-order chi connectivity index (χ0) is 15.4. The Bertz CT molecular complexity index is 612. The Kier molecular flexibility index (Phi) is 5.20. The summed E-state index contributed by atoms with van der Waals surface area (Å²) in [6.07, 6.45) is 6.90. The van der Waals surface area contributed by atoms with Crippen LogP contribution in [0.3, 0.4) is 0 Å². The van der Waals surface area contributed by atoms with Gasteiger partial charge in [0.15, 0.2) is 0 Å². The van der Waals surface area contributed by atoms with Crippen LogP contribution in [0.1, 0.15) is 50.5 Å². The van der Waals surface area contributed by atoms with Gasteiger partial charge in [-0.15, -0.1) is 0 Å². The van der Waals surface area contributed by atoms with Gasteiger partial charge in [0.2, 0.25) is 0 Å². The van der Waals surface area contributed by atoms with Crippen LogP contribution in [0.25, 0.3) is 11.1 Å². The van der Waals surface area contributed by atoms with Crippen molar-refractivity contribution in [2.45, 2.75) is 44.9 Å². The van der Waals surface area contributed by atoms with Gasteiger partial charge in [-0.2, -0.15) is 0 Å². The van der Waals surface area contributed by atoms with Crippen LogP contribution in [0.15, 0.2) is 46.9 Å². The van der Waals surface area contributed by atoms with E-state index < -0.39 is 0 Å². The van der Waals surface area contributed by atoms with Crippen LogP contribution in [0, 0.1) is 0 Å². The molecule has 1 aliphatic carbocycles. The lowest BCUT2D eigenvalue weighted by atomic mass is 9.84. The maximum atomic E-state index is 5.58. The van der Waals surface area contributed by atoms with Gasteiger partial charge in [-0.1, -0.05) is 49.6 Å². The topological polar surface area (TPSA) is 9.23 Å². The van der Waals surface area contributed by atoms with Gasteiger partial charge >= 0.3 is 0 Å². The molecule has 22 heavy (non-hydrogen) atoms. The minimum atomic E-state index is 0.689. The van der Waals surface area contributed by atoms with E-state index in [1.807, 2.05) is 13.0 Å². The molecule has 0 radical (unpaired) electrons. The fraction of sp³-hybridized carbons (Fsp3) is 0.400. The van der Waals surface area contributed by atoms with Crippen molar-refractivity contribution in [1.82, 2.24) is 0 Å². The van der Waals surface area contributed by atoms with E-state index in [0.717, 1.165) is 16.1 Å². The van der Waals surface area contributed by atoms with Gasteiger partial charge in [-0.3, -0.25) is 0 Å². The molecular formula is C20H23BrO. The minimum absolute atomic E-state index is 0.689. The average molecular weight is 359 g/mol. The monoisotopic (exact) mass is 358 g/mol. The predicted molar refractivity (Wildman–Crippen MR) is 96.6 cm³/mol. The molecule has 0 spiro atoms. The first kappa shape index (κ1) is 15.6. The van der Waals surface area contributed by atoms with E-state index in [4.69, 9.17) is 4.74 Å². The Labute approximate surface area is 141 Å². The zero-order valence-electron chi connectivity index (χ0n) is 13.1. The first-order chi connectivity index (χ1) is 10.8. The Hall–Kier alpha value is -1.28. The van der Waals surface area contributed by atoms with Gasteiger partial charge in [-0.05, 0) is 70.4 Å². The molecule has 3 rings (SSSR count). The van der Waals surface area contributed by atoms with Crippen LogP contribution in [-0.4, -0.2) is 6.61 Å². The minimum Gasteiger partial charge on any atom is -0.493 e. The fourth-order valence-electron chi connectivity index (χ4n) is 3.34. The lowest BCUT2D eigenvalue weighted by Gasteiger charge is -2.22. The van der Waals surface area contributed by atoms with Gasteiger partial charge in [0.05, 0.1) is 11.1 Å². The van der Waals surface area contributed by atoms with Gasteiger partial charge in [0, 0.05) is 0 Å². The van der Waals surface area contributed by atoms with Crippen LogP contribution in [0.2, 0.25) is 0 Å². The summed E-state index contributed by atoms with van der Waals surface area (Å²) in [5, 5.41) is 0. The molecule has 2 heteroatoms. The molecule has 116 valence electrons. The highest BCUT2D eigenvalue weighted by atomic mass is 79.9. The van der Waals surface area contributed by atoms with Crippen molar-refractivity contribution in [2.24, 2.45) is 0 Å². The summed E-state index contributed by atoms with van der Waals surface area (Å²) in [5.74, 6) is 1.68. The van der Waals surface area contributed by atoms with Crippen molar-refractivity contribution in [3.63, 3.8) is 0 Å². The number of halogens is 1. The molecule has 1 nitrogen and oxygen atoms in total. The van der Waals surface area contributed by atoms with Gasteiger partial charge in [0.1, 0.15) is 5.75 Å². The van der Waals surface area contributed by atoms with Crippen molar-refractivity contribution in [2.75, 3.05) is 6.61 Å². The van der Waals surface area contributed by atoms with Gasteiger partial charge in [-0.25, -0.2) is 0 Å². The van der Waals surface area contributed by atoms with Crippen LogP contribution >= 0.6 is 15.9 Å². The van der Waals surface area contributed by atoms with E-state index in [-0.39, 0.29) is 0 Å². The maximum Gasteiger partial charge on any atom is 0.133 e. The van der Waals surface area contributed by atoms with Crippen molar-refractivity contribution >= 4 is 15.9 Å². The Balaban J connectivity index is 1.78. The Morgan fingerprint density at radius 1 is 0.955 bits per heavy atom. The summed E-state index contributed by atoms with van der Waals surface area (Å²) < 4.78 is 6.60. The largest absolute Gasteiger partial charge is 0.493 e. The lowest BCUT2D eigenvalue weighted by molar-refractivity contribution is 0.338. The third-order valence-electron chi connectivity index (χ3n) is 4.55. The van der Waals surface area contributed by atoms with Gasteiger partial charge < -0.3 is 4.74 Å². The van der Waals surface area contributed by atoms with Crippen molar-refractivity contribution < 1.29 is 4.74 Å². The zero-order valence-corrected chi connectivity index (χ0v) is 14.7. The summed E-state index contributed by atoms with van der Waals surface area (Å²) in [6.45, 7) is 2.69. The number of hydrogen-bond acceptors (Lipinski definition) is 1. The van der Waals surface area contributed by atoms with Crippen LogP contribution in [-0.2, 0) is 0 Å². The fourth-order valence-corrected chi connectivity index (χ4v) is 3.83. The normalized spacial score (nSPS) is 15.7. The molecular weight excluding hydrogens is 336 g/mol. The highest BCUT2D eigenvalue weighted by Crippen LogP contribution is 2.35. The summed E-state index contributed by atoms with van der Waals surface area (Å²) in [7, 11) is 0. The van der Waals surface area contributed by atoms with Crippen molar-refractivity contribution in [3.05, 3.63) is 52.5 Å². The Morgan fingerprint density at radius 2 is 1.64 bits per heavy atom. The molecule has 0 aliphatic heterocycles. The SMILES string of the molecule is CCOc1ccc(-c2ccc(C3CCCCC3)cc2)cc1Br. The second kappa shape index (κ2) is 7.32. The molecule has 0 amide bonds. The summed E-state index contributed by atoms with van der Waals surface area (Å²) in [6, 6.07) is 15.5. The van der Waals surface area contributed by atoms with E-state index in [9.17, 15) is 0 Å². The van der Waals surface area contributed by atoms with E-state index in [1.54, 1.807) is 0 Å². The molecule has 0 atom stereocenters. The molecule has 0 aromatic heterocycles. The van der Waals surface area contributed by atoms with E-state index >= 15 is 0 Å². The van der Waals surface area contributed by atoms with E-state index in [1.165, 1.54) is 48.8 Å². The second-order valence-electron chi connectivity index (χ2n) is 6.04. The lowest BCUT2D eigenvalue weighted by Crippen LogP contribution is -2.04. The number of rotatable bonds is 4. The van der Waals surface area contributed by atoms with Crippen LogP contribution in [0.4, 0.5) is 0 Å². The molecule has 1 saturated carbocycles. The molecule has 1 fully saturated rings. The third-order valence-corrected chi connectivity index (χ3v) is 5.17. The van der Waals surface area contributed by atoms with Gasteiger partial charge in [0.25, 0.3) is 0 Å². The molecule has 0 N–H and O–H groups in total. The number of ether oxygens (including phenoxy) is 1. The third kappa shape index (κ3) is 3.55. The highest BCUT2D eigenvalue weighted by molar-refractivity contribution is 9.10. The molecule has 0 heterocycles. The average Bonchev–Trinajstić information content (AvgIpc) is 2.58. The summed E-state index contributed by atoms with van der Waals surface area (Å²) in [4.78, 5) is 0. The summed E-state index contributed by atoms with van der Waals surface area (Å²) in [5.41, 5.74) is 4.00. The van der Waals surface area contributed by atoms with E-state index in [0.29, 0.717) is 6.61 Å². The van der Waals surface area contributed by atoms with Crippen molar-refractivity contribution in [3.8, 4) is 16.9 Å². The summed E-state index contributed by atoms with van der Waals surface area (Å²) >= 11 is 3.60.